The zero-order chi connectivity index (χ0) is 49.0. The summed E-state index contributed by atoms with van der Waals surface area (Å²) in [4.78, 5) is 4.75. The van der Waals surface area contributed by atoms with Gasteiger partial charge in [-0.15, -0.1) is 0 Å². The molecular formula is C70H48N4. The zero-order valence-electron chi connectivity index (χ0n) is 40.5. The highest BCUT2D eigenvalue weighted by Gasteiger charge is 2.23. The van der Waals surface area contributed by atoms with Crippen molar-refractivity contribution in [2.24, 2.45) is 0 Å². The van der Waals surface area contributed by atoms with Crippen LogP contribution in [0.3, 0.4) is 0 Å². The van der Waals surface area contributed by atoms with E-state index < -0.39 is 0 Å². The highest BCUT2D eigenvalue weighted by molar-refractivity contribution is 6.16. The Bertz CT molecular complexity index is 3970. The maximum Gasteiger partial charge on any atom is 0.0782 e. The van der Waals surface area contributed by atoms with Gasteiger partial charge in [0.15, 0.2) is 0 Å². The van der Waals surface area contributed by atoms with Gasteiger partial charge >= 0.3 is 0 Å². The first-order valence-corrected chi connectivity index (χ1v) is 25.3. The van der Waals surface area contributed by atoms with Crippen LogP contribution in [0.2, 0.25) is 0 Å². The zero-order valence-corrected chi connectivity index (χ0v) is 40.5. The number of benzene rings is 12. The maximum atomic E-state index is 2.44. The van der Waals surface area contributed by atoms with Gasteiger partial charge in [0.1, 0.15) is 0 Å². The average Bonchev–Trinajstić information content (AvgIpc) is 4.01. The molecule has 0 saturated heterocycles. The number of fused-ring (bicyclic) bond motifs is 7. The van der Waals surface area contributed by atoms with E-state index in [0.29, 0.717) is 0 Å². The smallest absolute Gasteiger partial charge is 0.0782 e. The Kier molecular flexibility index (Phi) is 10.5. The van der Waals surface area contributed by atoms with Crippen molar-refractivity contribution in [1.29, 1.82) is 0 Å². The van der Waals surface area contributed by atoms with Crippen molar-refractivity contribution in [3.63, 3.8) is 0 Å². The molecule has 74 heavy (non-hydrogen) atoms. The van der Waals surface area contributed by atoms with Crippen LogP contribution >= 0.6 is 0 Å². The van der Waals surface area contributed by atoms with Crippen LogP contribution in [0.1, 0.15) is 0 Å². The van der Waals surface area contributed by atoms with Crippen molar-refractivity contribution < 1.29 is 0 Å². The molecule has 0 aliphatic rings. The fourth-order valence-electron chi connectivity index (χ4n) is 11.4. The van der Waals surface area contributed by atoms with Crippen LogP contribution in [-0.4, -0.2) is 9.13 Å². The molecule has 0 unspecified atom stereocenters. The van der Waals surface area contributed by atoms with Crippen molar-refractivity contribution in [2.45, 2.75) is 0 Å². The van der Waals surface area contributed by atoms with Gasteiger partial charge in [0.05, 0.1) is 33.4 Å². The number of anilines is 6. The first-order chi connectivity index (χ1) is 36.8. The molecule has 0 aliphatic carbocycles. The van der Waals surface area contributed by atoms with Crippen LogP contribution in [-0.2, 0) is 0 Å². The van der Waals surface area contributed by atoms with Crippen LogP contribution in [0.4, 0.5) is 34.1 Å². The van der Waals surface area contributed by atoms with Crippen LogP contribution in [0.5, 0.6) is 0 Å². The van der Waals surface area contributed by atoms with E-state index in [1.54, 1.807) is 0 Å². The minimum Gasteiger partial charge on any atom is -0.308 e. The molecule has 0 N–H and O–H groups in total. The normalized spacial score (nSPS) is 11.5. The molecule has 14 rings (SSSR count). The number of rotatable bonds is 10. The molecule has 2 heterocycles. The SMILES string of the molecule is c1ccc(N(c2ccccc2)c2cccc3c4ccccc4n(-c4ccc(-c5ccc(-c6ccc(-n7c8ccccc8c8cccc(N(c9ccccc9)c9ccccc9)c87)cc6)c6ccccc56)cc4)c23)cc1. The van der Waals surface area contributed by atoms with E-state index in [1.165, 1.54) is 65.6 Å². The van der Waals surface area contributed by atoms with Gasteiger partial charge in [-0.05, 0) is 130 Å². The van der Waals surface area contributed by atoms with Crippen molar-refractivity contribution in [1.82, 2.24) is 9.13 Å². The summed E-state index contributed by atoms with van der Waals surface area (Å²) in [6.07, 6.45) is 0. The van der Waals surface area contributed by atoms with Gasteiger partial charge in [0.25, 0.3) is 0 Å². The number of aromatic nitrogens is 2. The molecule has 0 spiro atoms. The number of nitrogens with zero attached hydrogens (tertiary/aromatic N) is 4. The van der Waals surface area contributed by atoms with Crippen molar-refractivity contribution >= 4 is 88.5 Å². The molecule has 0 atom stereocenters. The third kappa shape index (κ3) is 7.15. The van der Waals surface area contributed by atoms with Crippen LogP contribution < -0.4 is 9.80 Å². The van der Waals surface area contributed by atoms with Gasteiger partial charge in [-0.1, -0.05) is 194 Å². The summed E-state index contributed by atoms with van der Waals surface area (Å²) in [6, 6.07) is 105. The summed E-state index contributed by atoms with van der Waals surface area (Å²) < 4.78 is 4.88. The van der Waals surface area contributed by atoms with E-state index in [4.69, 9.17) is 0 Å². The van der Waals surface area contributed by atoms with Gasteiger partial charge < -0.3 is 18.9 Å². The molecule has 14 aromatic rings. The topological polar surface area (TPSA) is 16.3 Å². The molecule has 4 nitrogen and oxygen atoms in total. The first kappa shape index (κ1) is 42.9. The Balaban J connectivity index is 0.857. The molecule has 0 bridgehead atoms. The van der Waals surface area contributed by atoms with Gasteiger partial charge in [-0.25, -0.2) is 0 Å². The van der Waals surface area contributed by atoms with E-state index in [-0.39, 0.29) is 0 Å². The van der Waals surface area contributed by atoms with Crippen LogP contribution in [0.25, 0.3) is 88.0 Å². The summed E-state index contributed by atoms with van der Waals surface area (Å²) in [6.45, 7) is 0. The Morgan fingerprint density at radius 2 is 0.514 bits per heavy atom. The van der Waals surface area contributed by atoms with Crippen molar-refractivity contribution in [3.8, 4) is 33.6 Å². The van der Waals surface area contributed by atoms with E-state index in [9.17, 15) is 0 Å². The monoisotopic (exact) mass is 944 g/mol. The summed E-state index contributed by atoms with van der Waals surface area (Å²) in [7, 11) is 0. The second kappa shape index (κ2) is 18.1. The lowest BCUT2D eigenvalue weighted by molar-refractivity contribution is 1.17. The molecule has 0 radical (unpaired) electrons. The Labute approximate surface area is 430 Å². The van der Waals surface area contributed by atoms with E-state index in [2.05, 4.69) is 310 Å². The number of hydrogen-bond acceptors (Lipinski definition) is 2. The molecule has 0 amide bonds. The fraction of sp³-hybridized carbons (Fsp3) is 0. The summed E-state index contributed by atoms with van der Waals surface area (Å²) in [5.41, 5.74) is 18.3. The van der Waals surface area contributed by atoms with Crippen molar-refractivity contribution in [3.05, 3.63) is 291 Å². The maximum absolute atomic E-state index is 2.44. The molecule has 0 aliphatic heterocycles. The quantitative estimate of drug-likeness (QED) is 0.136. The Hall–Kier alpha value is -9.90. The lowest BCUT2D eigenvalue weighted by Gasteiger charge is -2.27. The van der Waals surface area contributed by atoms with Gasteiger partial charge in [0.2, 0.25) is 0 Å². The standard InChI is InChI=1S/C70H48N4/c1-5-21-51(22-6-1)71(52-23-7-2-8-24-52)67-37-19-33-63-61-31-15-17-35-65(61)73(69(63)67)55-43-39-49(40-44-55)57-47-48-58(60-30-14-13-29-59(57)60)50-41-45-56(46-42-50)74-66-36-18-16-32-62(66)64-34-20-38-68(70(64)74)72(53-25-9-3-10-26-53)54-27-11-4-12-28-54/h1-48H. The minimum atomic E-state index is 1.11. The molecule has 348 valence electrons. The van der Waals surface area contributed by atoms with Crippen LogP contribution in [0, 0.1) is 0 Å². The first-order valence-electron chi connectivity index (χ1n) is 25.3. The van der Waals surface area contributed by atoms with Gasteiger partial charge in [0, 0.05) is 55.7 Å². The van der Waals surface area contributed by atoms with E-state index in [1.807, 2.05) is 0 Å². The predicted octanol–water partition coefficient (Wildman–Crippen LogP) is 19.3. The molecule has 12 aromatic carbocycles. The Morgan fingerprint density at radius 1 is 0.216 bits per heavy atom. The van der Waals surface area contributed by atoms with Gasteiger partial charge in [-0.3, -0.25) is 0 Å². The molecule has 2 aromatic heterocycles. The van der Waals surface area contributed by atoms with E-state index in [0.717, 1.165) is 56.5 Å². The van der Waals surface area contributed by atoms with E-state index >= 15 is 0 Å². The summed E-state index contributed by atoms with van der Waals surface area (Å²) in [5, 5.41) is 7.31. The number of para-hydroxylation sites is 8. The molecule has 0 fully saturated rings. The summed E-state index contributed by atoms with van der Waals surface area (Å²) in [5.74, 6) is 0. The third-order valence-electron chi connectivity index (χ3n) is 14.7. The predicted molar refractivity (Wildman–Crippen MR) is 313 cm³/mol. The van der Waals surface area contributed by atoms with Crippen molar-refractivity contribution in [2.75, 3.05) is 9.80 Å². The summed E-state index contributed by atoms with van der Waals surface area (Å²) >= 11 is 0. The lowest BCUT2D eigenvalue weighted by atomic mass is 9.92. The second-order valence-electron chi connectivity index (χ2n) is 18.9. The average molecular weight is 945 g/mol. The van der Waals surface area contributed by atoms with Gasteiger partial charge in [-0.2, -0.15) is 0 Å². The minimum absolute atomic E-state index is 1.11. The fourth-order valence-corrected chi connectivity index (χ4v) is 11.4. The highest BCUT2D eigenvalue weighted by atomic mass is 15.2. The number of hydrogen-bond donors (Lipinski definition) is 0. The third-order valence-corrected chi connectivity index (χ3v) is 14.7. The molecule has 0 saturated carbocycles. The second-order valence-corrected chi connectivity index (χ2v) is 18.9. The lowest BCUT2D eigenvalue weighted by Crippen LogP contribution is -2.11. The largest absolute Gasteiger partial charge is 0.308 e. The highest BCUT2D eigenvalue weighted by Crippen LogP contribution is 2.46. The Morgan fingerprint density at radius 3 is 0.865 bits per heavy atom. The molecule has 4 heteroatoms. The molecular weight excluding hydrogens is 897 g/mol. The van der Waals surface area contributed by atoms with Crippen LogP contribution in [0.15, 0.2) is 291 Å².